The molecule has 0 fully saturated rings. The van der Waals surface area contributed by atoms with Gasteiger partial charge in [-0.2, -0.15) is 0 Å². The SMILES string of the molecule is C=CCC/C(F)=C(\C)CCC(C)/C(C)=C\N=C. The van der Waals surface area contributed by atoms with Crippen LogP contribution in [0.3, 0.4) is 0 Å². The molecule has 1 unspecified atom stereocenters. The van der Waals surface area contributed by atoms with Crippen molar-refractivity contribution in [2.24, 2.45) is 10.9 Å². The molecule has 0 radical (unpaired) electrons. The lowest BCUT2D eigenvalue weighted by Crippen LogP contribution is -1.97. The largest absolute Gasteiger partial charge is 0.273 e. The van der Waals surface area contributed by atoms with Crippen LogP contribution in [-0.4, -0.2) is 6.72 Å². The highest BCUT2D eigenvalue weighted by atomic mass is 19.1. The van der Waals surface area contributed by atoms with E-state index in [1.165, 1.54) is 5.57 Å². The topological polar surface area (TPSA) is 12.4 Å². The highest BCUT2D eigenvalue weighted by Gasteiger charge is 2.07. The molecule has 0 saturated carbocycles. The molecule has 0 heterocycles. The predicted octanol–water partition coefficient (Wildman–Crippen LogP) is 5.22. The van der Waals surface area contributed by atoms with E-state index >= 15 is 0 Å². The summed E-state index contributed by atoms with van der Waals surface area (Å²) >= 11 is 0. The fourth-order valence-corrected chi connectivity index (χ4v) is 1.51. The van der Waals surface area contributed by atoms with Crippen molar-refractivity contribution in [3.63, 3.8) is 0 Å². The van der Waals surface area contributed by atoms with Crippen molar-refractivity contribution < 1.29 is 4.39 Å². The van der Waals surface area contributed by atoms with Crippen LogP contribution in [-0.2, 0) is 0 Å². The molecule has 0 saturated heterocycles. The Morgan fingerprint density at radius 2 is 2.00 bits per heavy atom. The Bertz CT molecular complexity index is 313. The number of hydrogen-bond donors (Lipinski definition) is 0. The minimum atomic E-state index is 0.0144. The zero-order valence-electron chi connectivity index (χ0n) is 11.3. The fraction of sp³-hybridized carbons (Fsp3) is 0.533. The molecule has 0 rings (SSSR count). The lowest BCUT2D eigenvalue weighted by Gasteiger charge is -2.12. The van der Waals surface area contributed by atoms with E-state index in [1.807, 2.05) is 13.8 Å². The highest BCUT2D eigenvalue weighted by molar-refractivity contribution is 5.26. The van der Waals surface area contributed by atoms with Crippen molar-refractivity contribution in [3.8, 4) is 0 Å². The molecule has 96 valence electrons. The minimum Gasteiger partial charge on any atom is -0.273 e. The first-order valence-electron chi connectivity index (χ1n) is 6.10. The fourth-order valence-electron chi connectivity index (χ4n) is 1.51. The van der Waals surface area contributed by atoms with Gasteiger partial charge in [0.2, 0.25) is 0 Å². The zero-order valence-corrected chi connectivity index (χ0v) is 11.3. The average molecular weight is 237 g/mol. The van der Waals surface area contributed by atoms with Gasteiger partial charge in [-0.15, -0.1) is 6.58 Å². The summed E-state index contributed by atoms with van der Waals surface area (Å²) in [7, 11) is 0. The Kier molecular flexibility index (Phi) is 8.29. The van der Waals surface area contributed by atoms with Crippen LogP contribution in [0.4, 0.5) is 4.39 Å². The molecule has 0 aliphatic carbocycles. The molecular weight excluding hydrogens is 213 g/mol. The van der Waals surface area contributed by atoms with E-state index in [-0.39, 0.29) is 5.83 Å². The Morgan fingerprint density at radius 3 is 2.53 bits per heavy atom. The summed E-state index contributed by atoms with van der Waals surface area (Å²) in [6.07, 6.45) is 6.46. The van der Waals surface area contributed by atoms with Gasteiger partial charge in [0.1, 0.15) is 0 Å². The van der Waals surface area contributed by atoms with Gasteiger partial charge in [0.15, 0.2) is 0 Å². The molecule has 0 bridgehead atoms. The van der Waals surface area contributed by atoms with Crippen molar-refractivity contribution in [3.05, 3.63) is 35.8 Å². The van der Waals surface area contributed by atoms with Crippen molar-refractivity contribution in [1.82, 2.24) is 0 Å². The minimum absolute atomic E-state index is 0.0144. The average Bonchev–Trinajstić information content (AvgIpc) is 2.32. The second kappa shape index (κ2) is 8.91. The van der Waals surface area contributed by atoms with Crippen LogP contribution in [0.25, 0.3) is 0 Å². The predicted molar refractivity (Wildman–Crippen MR) is 74.9 cm³/mol. The Hall–Kier alpha value is -1.18. The van der Waals surface area contributed by atoms with Gasteiger partial charge in [-0.1, -0.05) is 18.6 Å². The Morgan fingerprint density at radius 1 is 1.35 bits per heavy atom. The standard InChI is InChI=1S/C15H24FN/c1-6-7-8-15(16)13(3)10-9-12(2)14(4)11-17-5/h6,11-12H,1,5,7-10H2,2-4H3/b14-11-,15-13-. The van der Waals surface area contributed by atoms with Crippen LogP contribution in [0, 0.1) is 5.92 Å². The normalized spacial score (nSPS) is 15.2. The monoisotopic (exact) mass is 237 g/mol. The van der Waals surface area contributed by atoms with Gasteiger partial charge in [0.25, 0.3) is 0 Å². The van der Waals surface area contributed by atoms with E-state index in [0.717, 1.165) is 18.4 Å². The molecule has 0 amide bonds. The molecule has 1 atom stereocenters. The van der Waals surface area contributed by atoms with Crippen molar-refractivity contribution >= 4 is 6.72 Å². The Balaban J connectivity index is 4.22. The van der Waals surface area contributed by atoms with Crippen LogP contribution >= 0.6 is 0 Å². The molecule has 17 heavy (non-hydrogen) atoms. The number of hydrogen-bond acceptors (Lipinski definition) is 1. The van der Waals surface area contributed by atoms with Crippen molar-refractivity contribution in [1.29, 1.82) is 0 Å². The molecule has 0 spiro atoms. The maximum Gasteiger partial charge on any atom is 0.0991 e. The van der Waals surface area contributed by atoms with Gasteiger partial charge in [0.05, 0.1) is 5.83 Å². The first-order chi connectivity index (χ1) is 8.02. The second-order valence-corrected chi connectivity index (χ2v) is 4.51. The van der Waals surface area contributed by atoms with E-state index < -0.39 is 0 Å². The quantitative estimate of drug-likeness (QED) is 0.405. The first-order valence-corrected chi connectivity index (χ1v) is 6.10. The smallest absolute Gasteiger partial charge is 0.0991 e. The molecule has 0 aromatic carbocycles. The molecule has 0 aromatic heterocycles. The van der Waals surface area contributed by atoms with Gasteiger partial charge < -0.3 is 0 Å². The van der Waals surface area contributed by atoms with Gasteiger partial charge in [0, 0.05) is 12.6 Å². The van der Waals surface area contributed by atoms with Gasteiger partial charge >= 0.3 is 0 Å². The lowest BCUT2D eigenvalue weighted by molar-refractivity contribution is 0.551. The molecule has 1 nitrogen and oxygen atoms in total. The summed E-state index contributed by atoms with van der Waals surface area (Å²) in [4.78, 5) is 3.75. The molecule has 0 N–H and O–H groups in total. The van der Waals surface area contributed by atoms with Crippen LogP contribution in [0.5, 0.6) is 0 Å². The molecular formula is C15H24FN. The zero-order chi connectivity index (χ0) is 13.3. The van der Waals surface area contributed by atoms with E-state index in [0.29, 0.717) is 18.8 Å². The third-order valence-electron chi connectivity index (χ3n) is 3.06. The number of allylic oxidation sites excluding steroid dienone is 4. The first kappa shape index (κ1) is 15.8. The van der Waals surface area contributed by atoms with E-state index in [2.05, 4.69) is 25.2 Å². The number of halogens is 1. The number of nitrogens with zero attached hydrogens (tertiary/aromatic N) is 1. The molecule has 2 heteroatoms. The number of rotatable bonds is 8. The summed E-state index contributed by atoms with van der Waals surface area (Å²) in [5.41, 5.74) is 2.05. The van der Waals surface area contributed by atoms with Crippen LogP contribution in [0.1, 0.15) is 46.5 Å². The number of aliphatic imine (C=N–C) groups is 1. The van der Waals surface area contributed by atoms with Crippen molar-refractivity contribution in [2.75, 3.05) is 0 Å². The van der Waals surface area contributed by atoms with E-state index in [9.17, 15) is 4.39 Å². The lowest BCUT2D eigenvalue weighted by atomic mass is 9.95. The second-order valence-electron chi connectivity index (χ2n) is 4.51. The summed E-state index contributed by atoms with van der Waals surface area (Å²) in [5.74, 6) is 0.434. The van der Waals surface area contributed by atoms with E-state index in [1.54, 1.807) is 12.3 Å². The van der Waals surface area contributed by atoms with Crippen molar-refractivity contribution in [2.45, 2.75) is 46.5 Å². The summed E-state index contributed by atoms with van der Waals surface area (Å²) in [6.45, 7) is 13.1. The maximum atomic E-state index is 13.6. The highest BCUT2D eigenvalue weighted by Crippen LogP contribution is 2.22. The maximum absolute atomic E-state index is 13.6. The van der Waals surface area contributed by atoms with E-state index in [4.69, 9.17) is 0 Å². The van der Waals surface area contributed by atoms with Gasteiger partial charge in [-0.05, 0) is 51.3 Å². The van der Waals surface area contributed by atoms with Crippen LogP contribution in [0.15, 0.2) is 40.8 Å². The third kappa shape index (κ3) is 6.88. The Labute approximate surface area is 105 Å². The van der Waals surface area contributed by atoms with Crippen LogP contribution in [0.2, 0.25) is 0 Å². The molecule has 0 aliphatic rings. The summed E-state index contributed by atoms with van der Waals surface area (Å²) in [5, 5.41) is 0. The third-order valence-corrected chi connectivity index (χ3v) is 3.06. The van der Waals surface area contributed by atoms with Gasteiger partial charge in [-0.3, -0.25) is 4.99 Å². The summed E-state index contributed by atoms with van der Waals surface area (Å²) < 4.78 is 13.6. The van der Waals surface area contributed by atoms with Crippen LogP contribution < -0.4 is 0 Å². The summed E-state index contributed by atoms with van der Waals surface area (Å²) in [6, 6.07) is 0. The molecule has 0 aliphatic heterocycles. The molecule has 0 aromatic rings. The van der Waals surface area contributed by atoms with Gasteiger partial charge in [-0.25, -0.2) is 4.39 Å².